The molecule has 1 amide bonds. The van der Waals surface area contributed by atoms with Crippen LogP contribution in [0, 0.1) is 11.6 Å². The molecule has 0 radical (unpaired) electrons. The second kappa shape index (κ2) is 9.77. The first-order valence-corrected chi connectivity index (χ1v) is 11.7. The maximum absolute atomic E-state index is 13.8. The highest BCUT2D eigenvalue weighted by Gasteiger charge is 2.41. The number of halogens is 2. The SMILES string of the molecule is COc1cc(CN2C(=O)C3=C(CCN(Cc4cc(F)cc(F)c4)C3)N3CCN=C23)cc(OC)c1OC. The van der Waals surface area contributed by atoms with Crippen molar-refractivity contribution in [3.8, 4) is 17.2 Å². The van der Waals surface area contributed by atoms with Crippen molar-refractivity contribution in [1.82, 2.24) is 14.7 Å². The minimum Gasteiger partial charge on any atom is -0.493 e. The van der Waals surface area contributed by atoms with Crippen molar-refractivity contribution in [2.45, 2.75) is 19.5 Å². The van der Waals surface area contributed by atoms with Crippen LogP contribution in [0.3, 0.4) is 0 Å². The summed E-state index contributed by atoms with van der Waals surface area (Å²) in [4.78, 5) is 24.2. The highest BCUT2D eigenvalue weighted by Crippen LogP contribution is 2.39. The molecule has 3 aliphatic rings. The molecule has 0 aliphatic carbocycles. The predicted octanol–water partition coefficient (Wildman–Crippen LogP) is 3.16. The van der Waals surface area contributed by atoms with Gasteiger partial charge in [-0.3, -0.25) is 19.6 Å². The molecule has 0 unspecified atom stereocenters. The maximum atomic E-state index is 13.8. The van der Waals surface area contributed by atoms with Crippen LogP contribution in [-0.2, 0) is 17.9 Å². The molecule has 0 atom stereocenters. The maximum Gasteiger partial charge on any atom is 0.259 e. The summed E-state index contributed by atoms with van der Waals surface area (Å²) < 4.78 is 43.8. The lowest BCUT2D eigenvalue weighted by Gasteiger charge is -2.42. The van der Waals surface area contributed by atoms with Gasteiger partial charge in [0.2, 0.25) is 11.7 Å². The van der Waals surface area contributed by atoms with Crippen LogP contribution in [0.2, 0.25) is 0 Å². The highest BCUT2D eigenvalue weighted by atomic mass is 19.1. The Kier molecular flexibility index (Phi) is 6.53. The van der Waals surface area contributed by atoms with Crippen LogP contribution in [0.4, 0.5) is 8.78 Å². The van der Waals surface area contributed by atoms with E-state index in [1.165, 1.54) is 12.1 Å². The molecule has 0 N–H and O–H groups in total. The third-order valence-electron chi connectivity index (χ3n) is 6.68. The summed E-state index contributed by atoms with van der Waals surface area (Å²) in [5.74, 6) is 0.810. The van der Waals surface area contributed by atoms with E-state index < -0.39 is 11.6 Å². The van der Waals surface area contributed by atoms with Crippen molar-refractivity contribution in [2.24, 2.45) is 4.99 Å². The van der Waals surface area contributed by atoms with Crippen LogP contribution in [0.5, 0.6) is 17.2 Å². The van der Waals surface area contributed by atoms with Gasteiger partial charge in [-0.1, -0.05) is 0 Å². The van der Waals surface area contributed by atoms with E-state index in [4.69, 9.17) is 14.2 Å². The molecular weight excluding hydrogens is 470 g/mol. The van der Waals surface area contributed by atoms with Gasteiger partial charge in [0, 0.05) is 44.4 Å². The van der Waals surface area contributed by atoms with Gasteiger partial charge >= 0.3 is 0 Å². The molecule has 0 saturated carbocycles. The van der Waals surface area contributed by atoms with Gasteiger partial charge in [-0.05, 0) is 35.4 Å². The molecule has 0 spiro atoms. The Morgan fingerprint density at radius 1 is 0.889 bits per heavy atom. The van der Waals surface area contributed by atoms with E-state index >= 15 is 0 Å². The lowest BCUT2D eigenvalue weighted by molar-refractivity contribution is -0.125. The average Bonchev–Trinajstić information content (AvgIpc) is 3.35. The Morgan fingerprint density at radius 3 is 2.19 bits per heavy atom. The van der Waals surface area contributed by atoms with Gasteiger partial charge in [-0.15, -0.1) is 0 Å². The number of carbonyl (C=O) groups is 1. The van der Waals surface area contributed by atoms with Gasteiger partial charge in [0.15, 0.2) is 11.5 Å². The van der Waals surface area contributed by atoms with Crippen LogP contribution >= 0.6 is 0 Å². The largest absolute Gasteiger partial charge is 0.493 e. The van der Waals surface area contributed by atoms with E-state index in [9.17, 15) is 13.6 Å². The number of rotatable bonds is 7. The molecule has 0 fully saturated rings. The molecular formula is C26H28F2N4O4. The zero-order valence-electron chi connectivity index (χ0n) is 20.5. The molecule has 190 valence electrons. The summed E-state index contributed by atoms with van der Waals surface area (Å²) in [5.41, 5.74) is 3.02. The summed E-state index contributed by atoms with van der Waals surface area (Å²) in [5, 5.41) is 0. The van der Waals surface area contributed by atoms with Crippen LogP contribution in [0.1, 0.15) is 17.5 Å². The minimum absolute atomic E-state index is 0.120. The molecule has 2 aromatic carbocycles. The number of amides is 1. The normalized spacial score (nSPS) is 17.7. The van der Waals surface area contributed by atoms with Crippen molar-refractivity contribution < 1.29 is 27.8 Å². The van der Waals surface area contributed by atoms with Crippen molar-refractivity contribution in [3.63, 3.8) is 0 Å². The quantitative estimate of drug-likeness (QED) is 0.585. The first kappa shape index (κ1) is 24.1. The molecule has 8 nitrogen and oxygen atoms in total. The van der Waals surface area contributed by atoms with E-state index in [1.54, 1.807) is 26.2 Å². The number of carbonyl (C=O) groups excluding carboxylic acids is 1. The number of ether oxygens (including phenoxy) is 3. The molecule has 3 heterocycles. The third kappa shape index (κ3) is 4.37. The first-order chi connectivity index (χ1) is 17.4. The van der Waals surface area contributed by atoms with Crippen LogP contribution in [-0.4, -0.2) is 74.1 Å². The molecule has 0 bridgehead atoms. The molecule has 0 saturated heterocycles. The van der Waals surface area contributed by atoms with Crippen LogP contribution in [0.15, 0.2) is 46.6 Å². The standard InChI is InChI=1S/C26H28F2N4O4/c1-34-22-10-17(11-23(35-2)24(22)36-3)14-32-25(33)20-15-30(13-16-8-18(27)12-19(28)9-16)6-4-21(20)31-7-5-29-26(31)32/h8-12H,4-7,13-15H2,1-3H3. The Morgan fingerprint density at radius 2 is 1.56 bits per heavy atom. The van der Waals surface area contributed by atoms with E-state index in [0.717, 1.165) is 17.3 Å². The minimum atomic E-state index is -0.606. The molecule has 0 aromatic heterocycles. The lowest BCUT2D eigenvalue weighted by Crippen LogP contribution is -2.53. The fourth-order valence-electron chi connectivity index (χ4n) is 5.12. The monoisotopic (exact) mass is 498 g/mol. The molecule has 3 aliphatic heterocycles. The van der Waals surface area contributed by atoms with Crippen LogP contribution in [0.25, 0.3) is 0 Å². The number of fused-ring (bicyclic) bond motifs is 2. The molecule has 10 heteroatoms. The first-order valence-electron chi connectivity index (χ1n) is 11.7. The smallest absolute Gasteiger partial charge is 0.259 e. The van der Waals surface area contributed by atoms with Crippen molar-refractivity contribution in [2.75, 3.05) is 47.5 Å². The summed E-state index contributed by atoms with van der Waals surface area (Å²) >= 11 is 0. The summed E-state index contributed by atoms with van der Waals surface area (Å²) in [7, 11) is 4.64. The van der Waals surface area contributed by atoms with Crippen molar-refractivity contribution in [3.05, 3.63) is 64.4 Å². The summed E-state index contributed by atoms with van der Waals surface area (Å²) in [6.07, 6.45) is 0.663. The Labute approximate surface area is 208 Å². The van der Waals surface area contributed by atoms with Crippen LogP contribution < -0.4 is 14.2 Å². The fraction of sp³-hybridized carbons (Fsp3) is 0.385. The van der Waals surface area contributed by atoms with E-state index in [2.05, 4.69) is 9.89 Å². The van der Waals surface area contributed by atoms with E-state index in [1.807, 2.05) is 17.0 Å². The number of hydrogen-bond donors (Lipinski definition) is 0. The average molecular weight is 499 g/mol. The second-order valence-electron chi connectivity index (χ2n) is 8.92. The predicted molar refractivity (Wildman–Crippen MR) is 129 cm³/mol. The number of nitrogens with zero attached hydrogens (tertiary/aromatic N) is 4. The van der Waals surface area contributed by atoms with Gasteiger partial charge in [0.25, 0.3) is 5.91 Å². The highest BCUT2D eigenvalue weighted by molar-refractivity contribution is 6.09. The number of benzene rings is 2. The topological polar surface area (TPSA) is 66.8 Å². The Balaban J connectivity index is 1.42. The second-order valence-corrected chi connectivity index (χ2v) is 8.92. The van der Waals surface area contributed by atoms with Gasteiger partial charge in [0.1, 0.15) is 11.6 Å². The van der Waals surface area contributed by atoms with Gasteiger partial charge in [0.05, 0.1) is 40.0 Å². The van der Waals surface area contributed by atoms with Gasteiger partial charge in [-0.2, -0.15) is 0 Å². The molecule has 2 aromatic rings. The van der Waals surface area contributed by atoms with Crippen molar-refractivity contribution >= 4 is 11.9 Å². The molecule has 36 heavy (non-hydrogen) atoms. The number of guanidine groups is 1. The fourth-order valence-corrected chi connectivity index (χ4v) is 5.12. The van der Waals surface area contributed by atoms with Gasteiger partial charge in [-0.25, -0.2) is 8.78 Å². The third-order valence-corrected chi connectivity index (χ3v) is 6.68. The zero-order valence-corrected chi connectivity index (χ0v) is 20.5. The lowest BCUT2D eigenvalue weighted by atomic mass is 10.00. The Bertz CT molecular complexity index is 1220. The van der Waals surface area contributed by atoms with E-state index in [0.29, 0.717) is 73.5 Å². The molecule has 5 rings (SSSR count). The van der Waals surface area contributed by atoms with Crippen molar-refractivity contribution in [1.29, 1.82) is 0 Å². The number of hydrogen-bond acceptors (Lipinski definition) is 7. The Hall–Kier alpha value is -3.66. The zero-order chi connectivity index (χ0) is 25.4. The number of methoxy groups -OCH3 is 3. The summed E-state index contributed by atoms with van der Waals surface area (Å²) in [6, 6.07) is 7.17. The van der Waals surface area contributed by atoms with E-state index in [-0.39, 0.29) is 12.5 Å². The number of aliphatic imine (C=N–C) groups is 1. The van der Waals surface area contributed by atoms with Gasteiger partial charge < -0.3 is 19.1 Å². The summed E-state index contributed by atoms with van der Waals surface area (Å²) in [6.45, 7) is 3.02.